The molecule has 0 saturated heterocycles. The summed E-state index contributed by atoms with van der Waals surface area (Å²) in [7, 11) is 3.76. The predicted octanol–water partition coefficient (Wildman–Crippen LogP) is 4.30. The molecule has 1 aliphatic carbocycles. The molecule has 0 aromatic heterocycles. The van der Waals surface area contributed by atoms with Gasteiger partial charge in [0.2, 0.25) is 0 Å². The van der Waals surface area contributed by atoms with Gasteiger partial charge >= 0.3 is 0 Å². The quantitative estimate of drug-likeness (QED) is 0.912. The molecule has 2 unspecified atom stereocenters. The van der Waals surface area contributed by atoms with Crippen molar-refractivity contribution in [3.63, 3.8) is 0 Å². The molecule has 2 aromatic rings. The minimum Gasteiger partial charge on any atom is -0.497 e. The van der Waals surface area contributed by atoms with Crippen LogP contribution in [-0.2, 0) is 0 Å². The van der Waals surface area contributed by atoms with E-state index in [4.69, 9.17) is 4.74 Å². The third kappa shape index (κ3) is 3.07. The highest BCUT2D eigenvalue weighted by molar-refractivity contribution is 5.85. The first-order valence-electron chi connectivity index (χ1n) is 7.23. The fourth-order valence-electron chi connectivity index (χ4n) is 3.27. The third-order valence-electron chi connectivity index (χ3n) is 4.36. The van der Waals surface area contributed by atoms with Gasteiger partial charge in [-0.25, -0.2) is 0 Å². The largest absolute Gasteiger partial charge is 0.497 e. The van der Waals surface area contributed by atoms with Crippen LogP contribution in [-0.4, -0.2) is 14.2 Å². The van der Waals surface area contributed by atoms with Gasteiger partial charge in [0.25, 0.3) is 0 Å². The van der Waals surface area contributed by atoms with E-state index in [0.29, 0.717) is 12.0 Å². The number of ether oxygens (including phenoxy) is 1. The molecule has 0 saturated carbocycles. The zero-order valence-corrected chi connectivity index (χ0v) is 13.3. The second kappa shape index (κ2) is 6.97. The Kier molecular flexibility index (Phi) is 5.27. The molecule has 0 bridgehead atoms. The Hall–Kier alpha value is -1.51. The van der Waals surface area contributed by atoms with Crippen molar-refractivity contribution in [3.8, 4) is 5.75 Å². The van der Waals surface area contributed by atoms with Gasteiger partial charge < -0.3 is 10.1 Å². The fraction of sp³-hybridized carbons (Fsp3) is 0.333. The zero-order chi connectivity index (χ0) is 13.9. The van der Waals surface area contributed by atoms with Crippen LogP contribution >= 0.6 is 12.4 Å². The summed E-state index contributed by atoms with van der Waals surface area (Å²) in [6, 6.07) is 17.8. The molecule has 3 rings (SSSR count). The zero-order valence-electron chi connectivity index (χ0n) is 12.5. The van der Waals surface area contributed by atoms with E-state index in [1.807, 2.05) is 0 Å². The van der Waals surface area contributed by atoms with Crippen molar-refractivity contribution in [2.45, 2.75) is 24.8 Å². The minimum atomic E-state index is 0. The molecule has 2 aromatic carbocycles. The summed E-state index contributed by atoms with van der Waals surface area (Å²) in [5.41, 5.74) is 4.29. The first kappa shape index (κ1) is 15.9. The lowest BCUT2D eigenvalue weighted by molar-refractivity contribution is 0.414. The van der Waals surface area contributed by atoms with Gasteiger partial charge in [0.05, 0.1) is 7.11 Å². The topological polar surface area (TPSA) is 21.3 Å². The lowest BCUT2D eigenvalue weighted by Crippen LogP contribution is -2.24. The monoisotopic (exact) mass is 303 g/mol. The van der Waals surface area contributed by atoms with E-state index in [-0.39, 0.29) is 12.4 Å². The Morgan fingerprint density at radius 3 is 2.24 bits per heavy atom. The van der Waals surface area contributed by atoms with Crippen molar-refractivity contribution in [2.24, 2.45) is 0 Å². The molecule has 0 radical (unpaired) electrons. The smallest absolute Gasteiger partial charge is 0.118 e. The molecule has 3 heteroatoms. The Bertz CT molecular complexity index is 582. The van der Waals surface area contributed by atoms with Crippen LogP contribution in [0, 0.1) is 0 Å². The van der Waals surface area contributed by atoms with Gasteiger partial charge in [0.15, 0.2) is 0 Å². The normalized spacial score (nSPS) is 20.3. The highest BCUT2D eigenvalue weighted by Gasteiger charge is 2.26. The van der Waals surface area contributed by atoms with Crippen LogP contribution in [0.15, 0.2) is 48.5 Å². The number of rotatable bonds is 3. The number of fused-ring (bicyclic) bond motifs is 1. The Morgan fingerprint density at radius 1 is 0.952 bits per heavy atom. The van der Waals surface area contributed by atoms with Crippen LogP contribution in [0.2, 0.25) is 0 Å². The number of methoxy groups -OCH3 is 1. The van der Waals surface area contributed by atoms with E-state index < -0.39 is 0 Å². The van der Waals surface area contributed by atoms with Gasteiger partial charge in [-0.15, -0.1) is 12.4 Å². The lowest BCUT2D eigenvalue weighted by Gasteiger charge is -2.31. The van der Waals surface area contributed by atoms with Gasteiger partial charge in [0.1, 0.15) is 5.75 Å². The van der Waals surface area contributed by atoms with Crippen LogP contribution in [0.5, 0.6) is 5.75 Å². The SMILES string of the molecule is CNC1CCC(c2ccc(OC)cc2)c2ccccc21.Cl. The average Bonchev–Trinajstić information content (AvgIpc) is 2.54. The van der Waals surface area contributed by atoms with E-state index in [2.05, 4.69) is 60.9 Å². The Morgan fingerprint density at radius 2 is 1.62 bits per heavy atom. The van der Waals surface area contributed by atoms with Crippen LogP contribution in [0.4, 0.5) is 0 Å². The number of nitrogens with one attached hydrogen (secondary N) is 1. The maximum atomic E-state index is 5.25. The maximum absolute atomic E-state index is 5.25. The standard InChI is InChI=1S/C18H21NO.ClH/c1-19-18-12-11-15(16-5-3-4-6-17(16)18)13-7-9-14(20-2)10-8-13;/h3-10,15,18-19H,11-12H2,1-2H3;1H. The number of hydrogen-bond acceptors (Lipinski definition) is 2. The van der Waals surface area contributed by atoms with Crippen molar-refractivity contribution < 1.29 is 4.74 Å². The predicted molar refractivity (Wildman–Crippen MR) is 89.6 cm³/mol. The third-order valence-corrected chi connectivity index (χ3v) is 4.36. The molecular formula is C18H22ClNO. The Labute approximate surface area is 132 Å². The van der Waals surface area contributed by atoms with E-state index in [0.717, 1.165) is 5.75 Å². The van der Waals surface area contributed by atoms with E-state index >= 15 is 0 Å². The van der Waals surface area contributed by atoms with Gasteiger partial charge in [-0.3, -0.25) is 0 Å². The van der Waals surface area contributed by atoms with Crippen molar-refractivity contribution in [1.29, 1.82) is 0 Å². The van der Waals surface area contributed by atoms with Gasteiger partial charge in [0, 0.05) is 12.0 Å². The van der Waals surface area contributed by atoms with Gasteiger partial charge in [-0.2, -0.15) is 0 Å². The van der Waals surface area contributed by atoms with Crippen LogP contribution < -0.4 is 10.1 Å². The average molecular weight is 304 g/mol. The second-order valence-corrected chi connectivity index (χ2v) is 5.37. The lowest BCUT2D eigenvalue weighted by atomic mass is 9.77. The van der Waals surface area contributed by atoms with Gasteiger partial charge in [-0.05, 0) is 48.7 Å². The molecule has 2 nitrogen and oxygen atoms in total. The van der Waals surface area contributed by atoms with Crippen molar-refractivity contribution in [2.75, 3.05) is 14.2 Å². The van der Waals surface area contributed by atoms with Crippen LogP contribution in [0.1, 0.15) is 41.5 Å². The second-order valence-electron chi connectivity index (χ2n) is 5.37. The summed E-state index contributed by atoms with van der Waals surface area (Å²) >= 11 is 0. The fourth-order valence-corrected chi connectivity index (χ4v) is 3.27. The summed E-state index contributed by atoms with van der Waals surface area (Å²) < 4.78 is 5.25. The molecule has 112 valence electrons. The summed E-state index contributed by atoms with van der Waals surface area (Å²) in [4.78, 5) is 0. The summed E-state index contributed by atoms with van der Waals surface area (Å²) in [5.74, 6) is 1.42. The van der Waals surface area contributed by atoms with Crippen molar-refractivity contribution in [1.82, 2.24) is 5.32 Å². The molecule has 2 atom stereocenters. The molecular weight excluding hydrogens is 282 g/mol. The number of halogens is 1. The van der Waals surface area contributed by atoms with Crippen LogP contribution in [0.3, 0.4) is 0 Å². The summed E-state index contributed by atoms with van der Waals surface area (Å²) in [6.07, 6.45) is 2.37. The number of benzene rings is 2. The first-order chi connectivity index (χ1) is 9.83. The van der Waals surface area contributed by atoms with E-state index in [1.54, 1.807) is 7.11 Å². The molecule has 21 heavy (non-hydrogen) atoms. The molecule has 1 aliphatic rings. The Balaban J connectivity index is 0.00000161. The molecule has 0 aliphatic heterocycles. The highest BCUT2D eigenvalue weighted by atomic mass is 35.5. The van der Waals surface area contributed by atoms with E-state index in [1.165, 1.54) is 29.5 Å². The molecule has 1 N–H and O–H groups in total. The highest BCUT2D eigenvalue weighted by Crippen LogP contribution is 2.41. The van der Waals surface area contributed by atoms with Gasteiger partial charge in [-0.1, -0.05) is 36.4 Å². The maximum Gasteiger partial charge on any atom is 0.118 e. The van der Waals surface area contributed by atoms with Crippen LogP contribution in [0.25, 0.3) is 0 Å². The summed E-state index contributed by atoms with van der Waals surface area (Å²) in [5, 5.41) is 3.43. The first-order valence-corrected chi connectivity index (χ1v) is 7.23. The summed E-state index contributed by atoms with van der Waals surface area (Å²) in [6.45, 7) is 0. The molecule has 0 spiro atoms. The minimum absolute atomic E-state index is 0. The van der Waals surface area contributed by atoms with Crippen molar-refractivity contribution >= 4 is 12.4 Å². The van der Waals surface area contributed by atoms with Crippen molar-refractivity contribution in [3.05, 3.63) is 65.2 Å². The number of hydrogen-bond donors (Lipinski definition) is 1. The molecule has 0 amide bonds. The molecule has 0 heterocycles. The molecule has 0 fully saturated rings. The van der Waals surface area contributed by atoms with E-state index in [9.17, 15) is 0 Å².